The molecule has 2 N–H and O–H groups in total. The summed E-state index contributed by atoms with van der Waals surface area (Å²) < 4.78 is 0. The molecule has 0 unspecified atom stereocenters. The van der Waals surface area contributed by atoms with Gasteiger partial charge in [0.05, 0.1) is 0 Å². The van der Waals surface area contributed by atoms with Gasteiger partial charge in [0.15, 0.2) is 0 Å². The second-order valence-electron chi connectivity index (χ2n) is 5.24. The first-order chi connectivity index (χ1) is 11.0. The largest absolute Gasteiger partial charge is 0.370 e. The van der Waals surface area contributed by atoms with Gasteiger partial charge in [0.2, 0.25) is 11.8 Å². The predicted octanol–water partition coefficient (Wildman–Crippen LogP) is 2.97. The average molecular weight is 328 g/mol. The van der Waals surface area contributed by atoms with Crippen molar-refractivity contribution < 1.29 is 9.59 Å². The number of hydrogen-bond donors (Lipinski definition) is 1. The van der Waals surface area contributed by atoms with Crippen LogP contribution >= 0.6 is 11.3 Å². The number of rotatable bonds is 7. The Hall–Kier alpha value is -2.40. The molecule has 0 saturated carbocycles. The minimum absolute atomic E-state index is 0.124. The third-order valence-electron chi connectivity index (χ3n) is 3.31. The highest BCUT2D eigenvalue weighted by Gasteiger charge is 2.12. The van der Waals surface area contributed by atoms with Crippen LogP contribution in [-0.2, 0) is 16.1 Å². The molecule has 2 aromatic rings. The smallest absolute Gasteiger partial charge is 0.246 e. The van der Waals surface area contributed by atoms with Crippen molar-refractivity contribution in [2.45, 2.75) is 19.9 Å². The van der Waals surface area contributed by atoms with Crippen molar-refractivity contribution >= 4 is 29.2 Å². The van der Waals surface area contributed by atoms with Crippen molar-refractivity contribution in [1.82, 2.24) is 4.90 Å². The lowest BCUT2D eigenvalue weighted by molar-refractivity contribution is -0.127. The summed E-state index contributed by atoms with van der Waals surface area (Å²) in [6.45, 7) is 2.80. The van der Waals surface area contributed by atoms with Crippen molar-refractivity contribution in [2.75, 3.05) is 6.54 Å². The van der Waals surface area contributed by atoms with Gasteiger partial charge in [0.1, 0.15) is 0 Å². The van der Waals surface area contributed by atoms with Crippen LogP contribution in [0.25, 0.3) is 6.08 Å². The summed E-state index contributed by atoms with van der Waals surface area (Å²) in [5.74, 6) is -0.533. The first kappa shape index (κ1) is 17.0. The maximum absolute atomic E-state index is 12.4. The predicted molar refractivity (Wildman–Crippen MR) is 93.8 cm³/mol. The van der Waals surface area contributed by atoms with Crippen molar-refractivity contribution in [2.24, 2.45) is 5.73 Å². The van der Waals surface area contributed by atoms with Crippen LogP contribution < -0.4 is 5.73 Å². The zero-order valence-corrected chi connectivity index (χ0v) is 13.9. The molecule has 0 aliphatic heterocycles. The van der Waals surface area contributed by atoms with Gasteiger partial charge in [-0.1, -0.05) is 30.3 Å². The molecule has 23 heavy (non-hydrogen) atoms. The van der Waals surface area contributed by atoms with Crippen molar-refractivity contribution in [1.29, 1.82) is 0 Å². The van der Waals surface area contributed by atoms with E-state index in [-0.39, 0.29) is 12.3 Å². The number of aryl methyl sites for hydroxylation is 1. The summed E-state index contributed by atoms with van der Waals surface area (Å²) in [7, 11) is 0. The van der Waals surface area contributed by atoms with Crippen LogP contribution in [0.3, 0.4) is 0 Å². The zero-order chi connectivity index (χ0) is 16.7. The Bertz CT molecular complexity index is 692. The number of amides is 2. The molecule has 0 fully saturated rings. The SMILES string of the molecule is Cc1ccc(/C=C\C(=O)N(CCC(N)=O)Cc2ccccc2)s1. The molecule has 1 heterocycles. The van der Waals surface area contributed by atoms with Crippen LogP contribution in [0.1, 0.15) is 21.7 Å². The Kier molecular flexibility index (Phi) is 6.11. The van der Waals surface area contributed by atoms with Gasteiger partial charge in [-0.25, -0.2) is 0 Å². The second kappa shape index (κ2) is 8.29. The van der Waals surface area contributed by atoms with Gasteiger partial charge in [-0.3, -0.25) is 9.59 Å². The second-order valence-corrected chi connectivity index (χ2v) is 6.56. The molecular weight excluding hydrogens is 308 g/mol. The lowest BCUT2D eigenvalue weighted by atomic mass is 10.2. The minimum Gasteiger partial charge on any atom is -0.370 e. The van der Waals surface area contributed by atoms with E-state index in [0.717, 1.165) is 10.4 Å². The van der Waals surface area contributed by atoms with E-state index in [1.807, 2.05) is 55.5 Å². The monoisotopic (exact) mass is 328 g/mol. The van der Waals surface area contributed by atoms with Gasteiger partial charge in [-0.15, -0.1) is 11.3 Å². The quantitative estimate of drug-likeness (QED) is 0.794. The fourth-order valence-corrected chi connectivity index (χ4v) is 2.90. The van der Waals surface area contributed by atoms with E-state index in [1.54, 1.807) is 22.3 Å². The molecule has 0 spiro atoms. The van der Waals surface area contributed by atoms with Gasteiger partial charge in [0, 0.05) is 35.3 Å². The standard InChI is InChI=1S/C18H20N2O2S/c1-14-7-8-16(23-14)9-10-18(22)20(12-11-17(19)21)13-15-5-3-2-4-6-15/h2-10H,11-13H2,1H3,(H2,19,21)/b10-9-. The molecule has 1 aromatic heterocycles. The van der Waals surface area contributed by atoms with Crippen LogP contribution in [0, 0.1) is 6.92 Å². The van der Waals surface area contributed by atoms with Crippen LogP contribution in [-0.4, -0.2) is 23.3 Å². The topological polar surface area (TPSA) is 63.4 Å². The van der Waals surface area contributed by atoms with E-state index in [4.69, 9.17) is 5.73 Å². The molecule has 2 rings (SSSR count). The number of benzene rings is 1. The van der Waals surface area contributed by atoms with Crippen LogP contribution in [0.15, 0.2) is 48.5 Å². The molecule has 120 valence electrons. The maximum Gasteiger partial charge on any atom is 0.246 e. The zero-order valence-electron chi connectivity index (χ0n) is 13.1. The molecule has 4 nitrogen and oxygen atoms in total. The Balaban J connectivity index is 2.06. The van der Waals surface area contributed by atoms with Crippen molar-refractivity contribution in [3.05, 3.63) is 63.9 Å². The Morgan fingerprint density at radius 1 is 1.17 bits per heavy atom. The molecule has 0 atom stereocenters. The number of hydrogen-bond acceptors (Lipinski definition) is 3. The number of nitrogens with two attached hydrogens (primary N) is 1. The van der Waals surface area contributed by atoms with Gasteiger partial charge in [-0.2, -0.15) is 0 Å². The lowest BCUT2D eigenvalue weighted by Gasteiger charge is -2.20. The summed E-state index contributed by atoms with van der Waals surface area (Å²) in [5.41, 5.74) is 6.23. The Labute approximate surface area is 140 Å². The van der Waals surface area contributed by atoms with E-state index in [2.05, 4.69) is 0 Å². The lowest BCUT2D eigenvalue weighted by Crippen LogP contribution is -2.32. The Morgan fingerprint density at radius 3 is 2.52 bits per heavy atom. The summed E-state index contributed by atoms with van der Waals surface area (Å²) in [6.07, 6.45) is 3.52. The molecule has 1 aromatic carbocycles. The molecule has 2 amide bonds. The number of carbonyl (C=O) groups is 2. The third-order valence-corrected chi connectivity index (χ3v) is 4.27. The molecular formula is C18H20N2O2S. The minimum atomic E-state index is -0.409. The average Bonchev–Trinajstić information content (AvgIpc) is 2.95. The normalized spacial score (nSPS) is 10.8. The van der Waals surface area contributed by atoms with E-state index >= 15 is 0 Å². The van der Waals surface area contributed by atoms with Gasteiger partial charge in [-0.05, 0) is 30.7 Å². The molecule has 0 bridgehead atoms. The van der Waals surface area contributed by atoms with Crippen LogP contribution in [0.5, 0.6) is 0 Å². The highest BCUT2D eigenvalue weighted by molar-refractivity contribution is 7.12. The summed E-state index contributed by atoms with van der Waals surface area (Å²) in [6, 6.07) is 13.7. The fourth-order valence-electron chi connectivity index (χ4n) is 2.12. The van der Waals surface area contributed by atoms with Crippen LogP contribution in [0.2, 0.25) is 0 Å². The fraction of sp³-hybridized carbons (Fsp3) is 0.222. The summed E-state index contributed by atoms with van der Waals surface area (Å²) >= 11 is 1.63. The van der Waals surface area contributed by atoms with Gasteiger partial charge < -0.3 is 10.6 Å². The van der Waals surface area contributed by atoms with E-state index in [0.29, 0.717) is 13.1 Å². The number of primary amides is 1. The van der Waals surface area contributed by atoms with Crippen molar-refractivity contribution in [3.63, 3.8) is 0 Å². The van der Waals surface area contributed by atoms with Gasteiger partial charge in [0.25, 0.3) is 0 Å². The highest BCUT2D eigenvalue weighted by Crippen LogP contribution is 2.16. The van der Waals surface area contributed by atoms with E-state index in [9.17, 15) is 9.59 Å². The molecule has 0 radical (unpaired) electrons. The first-order valence-corrected chi connectivity index (χ1v) is 8.22. The summed E-state index contributed by atoms with van der Waals surface area (Å²) in [4.78, 5) is 27.3. The third kappa shape index (κ3) is 5.71. The molecule has 0 aliphatic rings. The number of nitrogens with zero attached hydrogens (tertiary/aromatic N) is 1. The highest BCUT2D eigenvalue weighted by atomic mass is 32.1. The number of thiophene rings is 1. The van der Waals surface area contributed by atoms with E-state index in [1.165, 1.54) is 4.88 Å². The Morgan fingerprint density at radius 2 is 1.91 bits per heavy atom. The van der Waals surface area contributed by atoms with Crippen LogP contribution in [0.4, 0.5) is 0 Å². The van der Waals surface area contributed by atoms with E-state index < -0.39 is 5.91 Å². The number of carbonyl (C=O) groups excluding carboxylic acids is 2. The molecule has 0 aliphatic carbocycles. The van der Waals surface area contributed by atoms with Gasteiger partial charge >= 0.3 is 0 Å². The van der Waals surface area contributed by atoms with Crippen molar-refractivity contribution in [3.8, 4) is 0 Å². The molecule has 5 heteroatoms. The molecule has 0 saturated heterocycles. The summed E-state index contributed by atoms with van der Waals surface area (Å²) in [5, 5.41) is 0. The maximum atomic E-state index is 12.4. The first-order valence-electron chi connectivity index (χ1n) is 7.40.